The molecule has 26 heavy (non-hydrogen) atoms. The van der Waals surface area contributed by atoms with Crippen LogP contribution >= 0.6 is 0 Å². The lowest BCUT2D eigenvalue weighted by Gasteiger charge is -2.07. The summed E-state index contributed by atoms with van der Waals surface area (Å²) in [4.78, 5) is 4.80. The zero-order valence-electron chi connectivity index (χ0n) is 15.1. The van der Waals surface area contributed by atoms with Gasteiger partial charge < -0.3 is 5.41 Å². The smallest absolute Gasteiger partial charge is 0.0723 e. The monoisotopic (exact) mass is 338 g/mol. The van der Waals surface area contributed by atoms with Crippen molar-refractivity contribution in [2.45, 2.75) is 13.8 Å². The molecule has 0 aliphatic rings. The summed E-state index contributed by atoms with van der Waals surface area (Å²) in [6, 6.07) is 28.8. The molecule has 0 spiro atoms. The maximum Gasteiger partial charge on any atom is 0.0723 e. The zero-order chi connectivity index (χ0) is 18.4. The molecule has 0 aromatic heterocycles. The second kappa shape index (κ2) is 8.21. The van der Waals surface area contributed by atoms with E-state index < -0.39 is 0 Å². The number of rotatable bonds is 5. The fourth-order valence-corrected chi connectivity index (χ4v) is 2.77. The third-order valence-electron chi connectivity index (χ3n) is 4.12. The summed E-state index contributed by atoms with van der Waals surface area (Å²) in [6.45, 7) is 3.77. The highest BCUT2D eigenvalue weighted by Gasteiger charge is 2.04. The third kappa shape index (κ3) is 4.42. The van der Waals surface area contributed by atoms with Crippen LogP contribution in [0.25, 0.3) is 16.8 Å². The predicted molar refractivity (Wildman–Crippen MR) is 112 cm³/mol. The van der Waals surface area contributed by atoms with E-state index in [2.05, 4.69) is 36.4 Å². The van der Waals surface area contributed by atoms with E-state index in [1.807, 2.05) is 55.5 Å². The standard InChI is InChI=1S/C24H22N2/c1-18(25)17-24(23-11-7-4-8-12-23)26-19(2)20-13-15-22(16-14-20)21-9-5-3-6-10-21/h3-17,25H,1-2H3/b24-17-,25-18?,26-19+. The predicted octanol–water partition coefficient (Wildman–Crippen LogP) is 6.24. The van der Waals surface area contributed by atoms with E-state index in [-0.39, 0.29) is 0 Å². The van der Waals surface area contributed by atoms with Crippen molar-refractivity contribution >= 4 is 17.1 Å². The second-order valence-corrected chi connectivity index (χ2v) is 6.22. The summed E-state index contributed by atoms with van der Waals surface area (Å²) in [7, 11) is 0. The maximum atomic E-state index is 7.80. The normalized spacial score (nSPS) is 12.1. The van der Waals surface area contributed by atoms with E-state index in [9.17, 15) is 0 Å². The average Bonchev–Trinajstić information content (AvgIpc) is 2.68. The third-order valence-corrected chi connectivity index (χ3v) is 4.12. The lowest BCUT2D eigenvalue weighted by molar-refractivity contribution is 1.45. The number of benzene rings is 3. The summed E-state index contributed by atoms with van der Waals surface area (Å²) >= 11 is 0. The molecule has 0 fully saturated rings. The van der Waals surface area contributed by atoms with Crippen molar-refractivity contribution in [3.05, 3.63) is 102 Å². The molecular formula is C24H22N2. The van der Waals surface area contributed by atoms with Crippen molar-refractivity contribution in [1.82, 2.24) is 0 Å². The van der Waals surface area contributed by atoms with Gasteiger partial charge in [0.2, 0.25) is 0 Å². The van der Waals surface area contributed by atoms with Gasteiger partial charge in [0, 0.05) is 17.0 Å². The number of allylic oxidation sites excluding steroid dienone is 1. The van der Waals surface area contributed by atoms with Gasteiger partial charge in [0.1, 0.15) is 0 Å². The van der Waals surface area contributed by atoms with Crippen LogP contribution in [0.1, 0.15) is 25.0 Å². The van der Waals surface area contributed by atoms with E-state index in [4.69, 9.17) is 10.4 Å². The number of hydrogen-bond acceptors (Lipinski definition) is 2. The summed E-state index contributed by atoms with van der Waals surface area (Å²) < 4.78 is 0. The minimum atomic E-state index is 0.486. The van der Waals surface area contributed by atoms with E-state index in [1.54, 1.807) is 13.0 Å². The van der Waals surface area contributed by atoms with E-state index in [1.165, 1.54) is 11.1 Å². The molecule has 0 unspecified atom stereocenters. The Morgan fingerprint density at radius 2 is 1.23 bits per heavy atom. The zero-order valence-corrected chi connectivity index (χ0v) is 15.1. The fraction of sp³-hybridized carbons (Fsp3) is 0.0833. The van der Waals surface area contributed by atoms with Crippen LogP contribution < -0.4 is 0 Å². The highest BCUT2D eigenvalue weighted by Crippen LogP contribution is 2.21. The van der Waals surface area contributed by atoms with Crippen LogP contribution in [-0.2, 0) is 0 Å². The summed E-state index contributed by atoms with van der Waals surface area (Å²) in [5.74, 6) is 0. The molecule has 3 aromatic carbocycles. The van der Waals surface area contributed by atoms with Crippen LogP contribution in [-0.4, -0.2) is 11.4 Å². The molecule has 1 N–H and O–H groups in total. The first-order valence-corrected chi connectivity index (χ1v) is 8.67. The molecule has 0 atom stereocenters. The minimum Gasteiger partial charge on any atom is -0.306 e. The van der Waals surface area contributed by atoms with Gasteiger partial charge >= 0.3 is 0 Å². The molecule has 0 saturated carbocycles. The van der Waals surface area contributed by atoms with Crippen molar-refractivity contribution in [2.24, 2.45) is 4.99 Å². The Morgan fingerprint density at radius 3 is 1.81 bits per heavy atom. The first-order chi connectivity index (χ1) is 12.6. The summed E-state index contributed by atoms with van der Waals surface area (Å²) in [5, 5.41) is 7.80. The molecule has 0 saturated heterocycles. The second-order valence-electron chi connectivity index (χ2n) is 6.22. The fourth-order valence-electron chi connectivity index (χ4n) is 2.77. The van der Waals surface area contributed by atoms with Gasteiger partial charge in [0.15, 0.2) is 0 Å². The molecule has 0 radical (unpaired) electrons. The Labute approximate surface area is 155 Å². The van der Waals surface area contributed by atoms with Gasteiger partial charge in [-0.15, -0.1) is 0 Å². The van der Waals surface area contributed by atoms with Crippen LogP contribution in [0.5, 0.6) is 0 Å². The van der Waals surface area contributed by atoms with Crippen LogP contribution in [0.15, 0.2) is 96.0 Å². The van der Waals surface area contributed by atoms with E-state index in [0.717, 1.165) is 22.5 Å². The van der Waals surface area contributed by atoms with Crippen molar-refractivity contribution in [3.8, 4) is 11.1 Å². The minimum absolute atomic E-state index is 0.486. The summed E-state index contributed by atoms with van der Waals surface area (Å²) in [5.41, 5.74) is 6.71. The lowest BCUT2D eigenvalue weighted by Crippen LogP contribution is -1.97. The molecule has 2 nitrogen and oxygen atoms in total. The largest absolute Gasteiger partial charge is 0.306 e. The van der Waals surface area contributed by atoms with Crippen LogP contribution in [0, 0.1) is 5.41 Å². The number of hydrogen-bond donors (Lipinski definition) is 1. The van der Waals surface area contributed by atoms with Gasteiger partial charge in [-0.2, -0.15) is 0 Å². The Kier molecular flexibility index (Phi) is 5.55. The molecule has 128 valence electrons. The SMILES string of the molecule is CC(=N)/C=C(\N=C(/C)c1ccc(-c2ccccc2)cc1)c1ccccc1. The van der Waals surface area contributed by atoms with Gasteiger partial charge in [-0.05, 0) is 36.6 Å². The Hall–Kier alpha value is -3.26. The van der Waals surface area contributed by atoms with Crippen LogP contribution in [0.3, 0.4) is 0 Å². The van der Waals surface area contributed by atoms with Crippen LogP contribution in [0.2, 0.25) is 0 Å². The van der Waals surface area contributed by atoms with Crippen molar-refractivity contribution in [1.29, 1.82) is 5.41 Å². The first-order valence-electron chi connectivity index (χ1n) is 8.67. The van der Waals surface area contributed by atoms with Gasteiger partial charge in [0.05, 0.1) is 5.70 Å². The lowest BCUT2D eigenvalue weighted by atomic mass is 10.0. The van der Waals surface area contributed by atoms with Crippen molar-refractivity contribution < 1.29 is 0 Å². The molecule has 0 amide bonds. The van der Waals surface area contributed by atoms with E-state index >= 15 is 0 Å². The molecule has 0 aliphatic heterocycles. The molecule has 3 rings (SSSR count). The highest BCUT2D eigenvalue weighted by atomic mass is 14.8. The molecule has 0 heterocycles. The van der Waals surface area contributed by atoms with Gasteiger partial charge in [-0.1, -0.05) is 84.9 Å². The molecule has 3 aromatic rings. The quantitative estimate of drug-likeness (QED) is 0.534. The highest BCUT2D eigenvalue weighted by molar-refractivity contribution is 6.04. The molecule has 0 aliphatic carbocycles. The van der Waals surface area contributed by atoms with Crippen molar-refractivity contribution in [2.75, 3.05) is 0 Å². The first kappa shape index (κ1) is 17.6. The van der Waals surface area contributed by atoms with Gasteiger partial charge in [0.25, 0.3) is 0 Å². The molecular weight excluding hydrogens is 316 g/mol. The van der Waals surface area contributed by atoms with Gasteiger partial charge in [-0.3, -0.25) is 4.99 Å². The average molecular weight is 338 g/mol. The number of nitrogens with zero attached hydrogens (tertiary/aromatic N) is 1. The Bertz CT molecular complexity index is 935. The number of aliphatic imine (C=N–C) groups is 1. The number of nitrogens with one attached hydrogen (secondary N) is 1. The Morgan fingerprint density at radius 1 is 0.692 bits per heavy atom. The van der Waals surface area contributed by atoms with E-state index in [0.29, 0.717) is 5.71 Å². The topological polar surface area (TPSA) is 36.2 Å². The van der Waals surface area contributed by atoms with Crippen LogP contribution in [0.4, 0.5) is 0 Å². The van der Waals surface area contributed by atoms with Crippen molar-refractivity contribution in [3.63, 3.8) is 0 Å². The van der Waals surface area contributed by atoms with Gasteiger partial charge in [-0.25, -0.2) is 0 Å². The maximum absolute atomic E-state index is 7.80. The molecule has 0 bridgehead atoms. The summed E-state index contributed by atoms with van der Waals surface area (Å²) in [6.07, 6.45) is 1.80. The molecule has 2 heteroatoms. The Balaban J connectivity index is 1.91.